The van der Waals surface area contributed by atoms with Crippen LogP contribution in [0.4, 0.5) is 5.69 Å². The zero-order chi connectivity index (χ0) is 20.8. The second-order valence-corrected chi connectivity index (χ2v) is 8.12. The number of amides is 1. The van der Waals surface area contributed by atoms with Gasteiger partial charge < -0.3 is 14.6 Å². The highest BCUT2D eigenvalue weighted by Crippen LogP contribution is 2.28. The van der Waals surface area contributed by atoms with Crippen LogP contribution in [0.1, 0.15) is 25.2 Å². The zero-order valence-electron chi connectivity index (χ0n) is 16.6. The monoisotopic (exact) mass is 430 g/mol. The average Bonchev–Trinajstić information content (AvgIpc) is 3.09. The molecule has 1 unspecified atom stereocenters. The molecule has 0 aliphatic heterocycles. The van der Waals surface area contributed by atoms with Gasteiger partial charge in [0.1, 0.15) is 11.6 Å². The fourth-order valence-electron chi connectivity index (χ4n) is 2.83. The molecule has 2 aromatic carbocycles. The van der Waals surface area contributed by atoms with Crippen LogP contribution in [-0.4, -0.2) is 33.0 Å². The Labute approximate surface area is 179 Å². The minimum absolute atomic E-state index is 0.133. The van der Waals surface area contributed by atoms with Crippen molar-refractivity contribution in [2.45, 2.75) is 37.2 Å². The summed E-state index contributed by atoms with van der Waals surface area (Å²) in [6.07, 6.45) is 0.702. The molecule has 0 saturated carbocycles. The number of carbonyl (C=O) groups excluding carboxylic acids is 1. The lowest BCUT2D eigenvalue weighted by Crippen LogP contribution is -2.23. The van der Waals surface area contributed by atoms with E-state index in [9.17, 15) is 4.79 Å². The standard InChI is InChI=1S/C21H23ClN4O2S/c1-4-26-19(12-15-8-6-5-7-9-15)24-25-21(26)29-14(2)20(27)23-16-10-11-18(28-3)17(22)13-16/h5-11,13-14H,4,12H2,1-3H3,(H,23,27). The normalized spacial score (nSPS) is 11.9. The largest absolute Gasteiger partial charge is 0.495 e. The third-order valence-corrected chi connectivity index (χ3v) is 5.76. The molecule has 152 valence electrons. The van der Waals surface area contributed by atoms with E-state index in [1.54, 1.807) is 25.3 Å². The van der Waals surface area contributed by atoms with Crippen molar-refractivity contribution in [2.75, 3.05) is 12.4 Å². The van der Waals surface area contributed by atoms with E-state index < -0.39 is 0 Å². The van der Waals surface area contributed by atoms with Crippen LogP contribution in [0.2, 0.25) is 5.02 Å². The molecule has 1 atom stereocenters. The molecule has 0 aliphatic rings. The van der Waals surface area contributed by atoms with Crippen molar-refractivity contribution >= 4 is 35.0 Å². The quantitative estimate of drug-likeness (QED) is 0.526. The van der Waals surface area contributed by atoms with E-state index in [4.69, 9.17) is 16.3 Å². The van der Waals surface area contributed by atoms with E-state index >= 15 is 0 Å². The second kappa shape index (κ2) is 9.80. The number of ether oxygens (including phenoxy) is 1. The SMILES string of the molecule is CCn1c(Cc2ccccc2)nnc1SC(C)C(=O)Nc1ccc(OC)c(Cl)c1. The molecule has 3 rings (SSSR count). The third kappa shape index (κ3) is 5.31. The first-order valence-electron chi connectivity index (χ1n) is 9.28. The van der Waals surface area contributed by atoms with Crippen LogP contribution < -0.4 is 10.1 Å². The van der Waals surface area contributed by atoms with E-state index in [1.807, 2.05) is 36.6 Å². The lowest BCUT2D eigenvalue weighted by atomic mass is 10.1. The Bertz CT molecular complexity index is 978. The van der Waals surface area contributed by atoms with Crippen molar-refractivity contribution in [3.05, 3.63) is 64.9 Å². The Morgan fingerprint density at radius 1 is 1.24 bits per heavy atom. The molecule has 1 heterocycles. The van der Waals surface area contributed by atoms with Crippen LogP contribution in [0.15, 0.2) is 53.7 Å². The Kier molecular flexibility index (Phi) is 7.17. The molecule has 1 N–H and O–H groups in total. The van der Waals surface area contributed by atoms with Crippen molar-refractivity contribution in [1.29, 1.82) is 0 Å². The van der Waals surface area contributed by atoms with E-state index in [0.29, 0.717) is 22.9 Å². The van der Waals surface area contributed by atoms with Gasteiger partial charge in [-0.3, -0.25) is 4.79 Å². The van der Waals surface area contributed by atoms with E-state index in [0.717, 1.165) is 17.5 Å². The molecule has 6 nitrogen and oxygen atoms in total. The van der Waals surface area contributed by atoms with Crippen LogP contribution in [0.25, 0.3) is 0 Å². The summed E-state index contributed by atoms with van der Waals surface area (Å²) in [6.45, 7) is 4.63. The average molecular weight is 431 g/mol. The van der Waals surface area contributed by atoms with Crippen molar-refractivity contribution in [1.82, 2.24) is 14.8 Å². The van der Waals surface area contributed by atoms with Crippen LogP contribution in [-0.2, 0) is 17.8 Å². The fraction of sp³-hybridized carbons (Fsp3) is 0.286. The number of aromatic nitrogens is 3. The minimum Gasteiger partial charge on any atom is -0.495 e. The van der Waals surface area contributed by atoms with Crippen LogP contribution in [0.5, 0.6) is 5.75 Å². The first kappa shape index (κ1) is 21.2. The first-order chi connectivity index (χ1) is 14.0. The molecule has 29 heavy (non-hydrogen) atoms. The number of nitrogens with zero attached hydrogens (tertiary/aromatic N) is 3. The molecule has 0 fully saturated rings. The maximum Gasteiger partial charge on any atom is 0.237 e. The Morgan fingerprint density at radius 3 is 2.66 bits per heavy atom. The topological polar surface area (TPSA) is 69.0 Å². The van der Waals surface area contributed by atoms with Gasteiger partial charge in [-0.1, -0.05) is 53.7 Å². The van der Waals surface area contributed by atoms with Gasteiger partial charge in [-0.25, -0.2) is 0 Å². The number of anilines is 1. The lowest BCUT2D eigenvalue weighted by molar-refractivity contribution is -0.115. The van der Waals surface area contributed by atoms with Crippen LogP contribution >= 0.6 is 23.4 Å². The number of hydrogen-bond donors (Lipinski definition) is 1. The lowest BCUT2D eigenvalue weighted by Gasteiger charge is -2.13. The van der Waals surface area contributed by atoms with Gasteiger partial charge in [0.25, 0.3) is 0 Å². The number of methoxy groups -OCH3 is 1. The predicted octanol–water partition coefficient (Wildman–Crippen LogP) is 4.67. The summed E-state index contributed by atoms with van der Waals surface area (Å²) >= 11 is 7.51. The fourth-order valence-corrected chi connectivity index (χ4v) is 4.02. The summed E-state index contributed by atoms with van der Waals surface area (Å²) in [5, 5.41) is 12.4. The van der Waals surface area contributed by atoms with Crippen LogP contribution in [0, 0.1) is 0 Å². The molecule has 3 aromatic rings. The van der Waals surface area contributed by atoms with Gasteiger partial charge in [0.2, 0.25) is 5.91 Å². The summed E-state index contributed by atoms with van der Waals surface area (Å²) in [6, 6.07) is 15.3. The third-order valence-electron chi connectivity index (χ3n) is 4.39. The number of carbonyl (C=O) groups is 1. The van der Waals surface area contributed by atoms with Crippen molar-refractivity contribution < 1.29 is 9.53 Å². The predicted molar refractivity (Wildman–Crippen MR) is 117 cm³/mol. The first-order valence-corrected chi connectivity index (χ1v) is 10.5. The van der Waals surface area contributed by atoms with E-state index in [-0.39, 0.29) is 11.2 Å². The smallest absolute Gasteiger partial charge is 0.237 e. The summed E-state index contributed by atoms with van der Waals surface area (Å²) in [5.41, 5.74) is 1.79. The Morgan fingerprint density at radius 2 is 2.00 bits per heavy atom. The van der Waals surface area contributed by atoms with Crippen molar-refractivity contribution in [3.63, 3.8) is 0 Å². The number of hydrogen-bond acceptors (Lipinski definition) is 5. The molecular formula is C21H23ClN4O2S. The molecule has 1 amide bonds. The van der Waals surface area contributed by atoms with Crippen molar-refractivity contribution in [3.8, 4) is 5.75 Å². The molecule has 0 radical (unpaired) electrons. The summed E-state index contributed by atoms with van der Waals surface area (Å²) in [5.74, 6) is 1.32. The summed E-state index contributed by atoms with van der Waals surface area (Å²) in [7, 11) is 1.55. The summed E-state index contributed by atoms with van der Waals surface area (Å²) < 4.78 is 7.18. The molecule has 0 spiro atoms. The highest BCUT2D eigenvalue weighted by Gasteiger charge is 2.20. The van der Waals surface area contributed by atoms with Crippen LogP contribution in [0.3, 0.4) is 0 Å². The number of benzene rings is 2. The van der Waals surface area contributed by atoms with Gasteiger partial charge in [-0.2, -0.15) is 0 Å². The molecule has 0 saturated heterocycles. The number of halogens is 1. The number of thioether (sulfide) groups is 1. The molecule has 0 bridgehead atoms. The van der Waals surface area contributed by atoms with Gasteiger partial charge >= 0.3 is 0 Å². The van der Waals surface area contributed by atoms with Crippen molar-refractivity contribution in [2.24, 2.45) is 0 Å². The Hall–Kier alpha value is -2.51. The minimum atomic E-state index is -0.352. The van der Waals surface area contributed by atoms with Gasteiger partial charge in [-0.15, -0.1) is 10.2 Å². The van der Waals surface area contributed by atoms with Gasteiger partial charge in [0.15, 0.2) is 5.16 Å². The highest BCUT2D eigenvalue weighted by molar-refractivity contribution is 8.00. The highest BCUT2D eigenvalue weighted by atomic mass is 35.5. The number of rotatable bonds is 8. The Balaban J connectivity index is 1.67. The molecular weight excluding hydrogens is 408 g/mol. The molecule has 1 aromatic heterocycles. The van der Waals surface area contributed by atoms with Gasteiger partial charge in [0, 0.05) is 18.7 Å². The molecule has 0 aliphatic carbocycles. The van der Waals surface area contributed by atoms with E-state index in [2.05, 4.69) is 27.6 Å². The summed E-state index contributed by atoms with van der Waals surface area (Å²) in [4.78, 5) is 12.6. The molecule has 8 heteroatoms. The maximum atomic E-state index is 12.6. The maximum absolute atomic E-state index is 12.6. The number of nitrogens with one attached hydrogen (secondary N) is 1. The van der Waals surface area contributed by atoms with Gasteiger partial charge in [-0.05, 0) is 37.6 Å². The van der Waals surface area contributed by atoms with Gasteiger partial charge in [0.05, 0.1) is 17.4 Å². The van der Waals surface area contributed by atoms with E-state index in [1.165, 1.54) is 17.3 Å². The zero-order valence-corrected chi connectivity index (χ0v) is 18.1. The second-order valence-electron chi connectivity index (χ2n) is 6.40.